The summed E-state index contributed by atoms with van der Waals surface area (Å²) in [4.78, 5) is 51.7. The summed E-state index contributed by atoms with van der Waals surface area (Å²) in [5.41, 5.74) is 0.701. The Labute approximate surface area is 189 Å². The van der Waals surface area contributed by atoms with E-state index in [0.717, 1.165) is 24.2 Å². The Kier molecular flexibility index (Phi) is 6.62. The Morgan fingerprint density at radius 3 is 2.47 bits per heavy atom. The molecule has 174 valence electrons. The number of anilines is 1. The molecule has 8 heteroatoms. The third kappa shape index (κ3) is 4.36. The van der Waals surface area contributed by atoms with Gasteiger partial charge >= 0.3 is 6.03 Å². The number of benzene rings is 1. The van der Waals surface area contributed by atoms with Gasteiger partial charge < -0.3 is 16.0 Å². The standard InChI is InChI=1S/C24H34N4O4/c1-6-23(3,4)16-10-12-24(13-11-16)21(31)28(22(32)27-24)14-18(29)26-17-9-7-8-15(2)19(17)20(30)25-5/h7-9,16H,6,10-14H2,1-5H3,(H,25,30)(H,26,29)(H,27,32). The van der Waals surface area contributed by atoms with Crippen LogP contribution in [0.4, 0.5) is 10.5 Å². The first kappa shape index (κ1) is 23.8. The molecule has 1 spiro atoms. The summed E-state index contributed by atoms with van der Waals surface area (Å²) in [7, 11) is 1.52. The van der Waals surface area contributed by atoms with Crippen LogP contribution >= 0.6 is 0 Å². The first-order valence-corrected chi connectivity index (χ1v) is 11.3. The van der Waals surface area contributed by atoms with Crippen molar-refractivity contribution in [2.75, 3.05) is 18.9 Å². The Hall–Kier alpha value is -2.90. The first-order chi connectivity index (χ1) is 15.0. The molecule has 1 aliphatic carbocycles. The van der Waals surface area contributed by atoms with Crippen molar-refractivity contribution < 1.29 is 19.2 Å². The minimum Gasteiger partial charge on any atom is -0.355 e. The highest BCUT2D eigenvalue weighted by atomic mass is 16.2. The van der Waals surface area contributed by atoms with Crippen LogP contribution in [0, 0.1) is 18.3 Å². The summed E-state index contributed by atoms with van der Waals surface area (Å²) in [6.07, 6.45) is 3.97. The molecular formula is C24H34N4O4. The molecule has 1 saturated heterocycles. The normalized spacial score (nSPS) is 23.3. The van der Waals surface area contributed by atoms with E-state index < -0.39 is 24.0 Å². The van der Waals surface area contributed by atoms with Crippen molar-refractivity contribution in [3.63, 3.8) is 0 Å². The highest BCUT2D eigenvalue weighted by molar-refractivity contribution is 6.11. The molecule has 3 N–H and O–H groups in total. The van der Waals surface area contributed by atoms with Gasteiger partial charge in [-0.3, -0.25) is 19.3 Å². The van der Waals surface area contributed by atoms with Crippen LogP contribution < -0.4 is 16.0 Å². The monoisotopic (exact) mass is 442 g/mol. The summed E-state index contributed by atoms with van der Waals surface area (Å²) < 4.78 is 0. The van der Waals surface area contributed by atoms with Crippen molar-refractivity contribution in [1.82, 2.24) is 15.5 Å². The lowest BCUT2D eigenvalue weighted by Gasteiger charge is -2.42. The fourth-order valence-electron chi connectivity index (χ4n) is 4.87. The Morgan fingerprint density at radius 2 is 1.88 bits per heavy atom. The van der Waals surface area contributed by atoms with Crippen LogP contribution in [0.1, 0.15) is 68.8 Å². The minimum absolute atomic E-state index is 0.198. The number of imide groups is 1. The molecule has 8 nitrogen and oxygen atoms in total. The van der Waals surface area contributed by atoms with E-state index in [1.807, 2.05) is 0 Å². The molecular weight excluding hydrogens is 408 g/mol. The molecule has 32 heavy (non-hydrogen) atoms. The predicted octanol–water partition coefficient (Wildman–Crippen LogP) is 3.21. The fraction of sp³-hybridized carbons (Fsp3) is 0.583. The zero-order chi connectivity index (χ0) is 23.7. The number of urea groups is 1. The number of nitrogens with one attached hydrogen (secondary N) is 3. The third-order valence-corrected chi connectivity index (χ3v) is 7.40. The number of hydrogen-bond donors (Lipinski definition) is 3. The molecule has 2 aliphatic rings. The van der Waals surface area contributed by atoms with Crippen LogP contribution in [0.25, 0.3) is 0 Å². The number of rotatable bonds is 6. The number of hydrogen-bond acceptors (Lipinski definition) is 4. The van der Waals surface area contributed by atoms with Gasteiger partial charge in [-0.15, -0.1) is 0 Å². The van der Waals surface area contributed by atoms with E-state index in [9.17, 15) is 19.2 Å². The SMILES string of the molecule is CCC(C)(C)C1CCC2(CC1)NC(=O)N(CC(=O)Nc1cccc(C)c1C(=O)NC)C2=O. The minimum atomic E-state index is -0.908. The van der Waals surface area contributed by atoms with Gasteiger partial charge in [0, 0.05) is 7.05 Å². The van der Waals surface area contributed by atoms with Crippen molar-refractivity contribution in [2.45, 2.75) is 65.3 Å². The molecule has 0 aromatic heterocycles. The van der Waals surface area contributed by atoms with Crippen LogP contribution in [0.3, 0.4) is 0 Å². The Balaban J connectivity index is 1.69. The van der Waals surface area contributed by atoms with Gasteiger partial charge in [-0.05, 0) is 55.6 Å². The number of aryl methyl sites for hydroxylation is 1. The number of amides is 5. The zero-order valence-corrected chi connectivity index (χ0v) is 19.6. The molecule has 1 aromatic rings. The highest BCUT2D eigenvalue weighted by Crippen LogP contribution is 2.45. The molecule has 0 bridgehead atoms. The lowest BCUT2D eigenvalue weighted by Crippen LogP contribution is -2.51. The molecule has 1 heterocycles. The van der Waals surface area contributed by atoms with Crippen LogP contribution in [0.5, 0.6) is 0 Å². The predicted molar refractivity (Wildman–Crippen MR) is 122 cm³/mol. The molecule has 0 unspecified atom stereocenters. The lowest BCUT2D eigenvalue weighted by atomic mass is 9.65. The molecule has 1 saturated carbocycles. The zero-order valence-electron chi connectivity index (χ0n) is 19.6. The van der Waals surface area contributed by atoms with Crippen molar-refractivity contribution in [3.8, 4) is 0 Å². The van der Waals surface area contributed by atoms with Crippen molar-refractivity contribution in [2.24, 2.45) is 11.3 Å². The largest absolute Gasteiger partial charge is 0.355 e. The van der Waals surface area contributed by atoms with E-state index in [1.54, 1.807) is 25.1 Å². The number of carbonyl (C=O) groups is 4. The summed E-state index contributed by atoms with van der Waals surface area (Å²) >= 11 is 0. The van der Waals surface area contributed by atoms with Gasteiger partial charge in [0.25, 0.3) is 11.8 Å². The van der Waals surface area contributed by atoms with Gasteiger partial charge in [-0.1, -0.05) is 39.3 Å². The molecule has 1 aromatic carbocycles. The van der Waals surface area contributed by atoms with Crippen LogP contribution in [0.15, 0.2) is 18.2 Å². The molecule has 5 amide bonds. The van der Waals surface area contributed by atoms with E-state index in [-0.39, 0.29) is 17.2 Å². The smallest absolute Gasteiger partial charge is 0.325 e. The van der Waals surface area contributed by atoms with E-state index in [4.69, 9.17) is 0 Å². The van der Waals surface area contributed by atoms with Crippen molar-refractivity contribution in [1.29, 1.82) is 0 Å². The van der Waals surface area contributed by atoms with Gasteiger partial charge in [0.15, 0.2) is 0 Å². The first-order valence-electron chi connectivity index (χ1n) is 11.3. The second-order valence-electron chi connectivity index (χ2n) is 9.64. The molecule has 1 aliphatic heterocycles. The van der Waals surface area contributed by atoms with E-state index in [1.165, 1.54) is 7.05 Å². The third-order valence-electron chi connectivity index (χ3n) is 7.40. The maximum Gasteiger partial charge on any atom is 0.325 e. The quantitative estimate of drug-likeness (QED) is 0.588. The molecule has 2 fully saturated rings. The van der Waals surface area contributed by atoms with Gasteiger partial charge in [0.2, 0.25) is 5.91 Å². The van der Waals surface area contributed by atoms with E-state index in [0.29, 0.717) is 35.6 Å². The maximum absolute atomic E-state index is 13.2. The Morgan fingerprint density at radius 1 is 1.22 bits per heavy atom. The average Bonchev–Trinajstić information content (AvgIpc) is 2.97. The second kappa shape index (κ2) is 8.92. The summed E-state index contributed by atoms with van der Waals surface area (Å²) in [6, 6.07) is 4.60. The second-order valence-corrected chi connectivity index (χ2v) is 9.64. The summed E-state index contributed by atoms with van der Waals surface area (Å²) in [6.45, 7) is 8.06. The Bertz CT molecular complexity index is 932. The number of carbonyl (C=O) groups excluding carboxylic acids is 4. The summed E-state index contributed by atoms with van der Waals surface area (Å²) in [5.74, 6) is -0.674. The molecule has 0 atom stereocenters. The van der Waals surface area contributed by atoms with Crippen molar-refractivity contribution >= 4 is 29.4 Å². The van der Waals surface area contributed by atoms with Crippen molar-refractivity contribution in [3.05, 3.63) is 29.3 Å². The van der Waals surface area contributed by atoms with Gasteiger partial charge in [-0.2, -0.15) is 0 Å². The van der Waals surface area contributed by atoms with E-state index >= 15 is 0 Å². The summed E-state index contributed by atoms with van der Waals surface area (Å²) in [5, 5.41) is 8.12. The number of nitrogens with zero attached hydrogens (tertiary/aromatic N) is 1. The maximum atomic E-state index is 13.2. The van der Waals surface area contributed by atoms with Crippen LogP contribution in [0.2, 0.25) is 0 Å². The van der Waals surface area contributed by atoms with Gasteiger partial charge in [0.1, 0.15) is 12.1 Å². The highest BCUT2D eigenvalue weighted by Gasteiger charge is 2.53. The lowest BCUT2D eigenvalue weighted by molar-refractivity contribution is -0.135. The molecule has 3 rings (SSSR count). The van der Waals surface area contributed by atoms with Gasteiger partial charge in [-0.25, -0.2) is 4.79 Å². The molecule has 0 radical (unpaired) electrons. The van der Waals surface area contributed by atoms with Gasteiger partial charge in [0.05, 0.1) is 11.3 Å². The van der Waals surface area contributed by atoms with Crippen LogP contribution in [-0.4, -0.2) is 47.8 Å². The topological polar surface area (TPSA) is 108 Å². The fourth-order valence-corrected chi connectivity index (χ4v) is 4.87. The van der Waals surface area contributed by atoms with E-state index in [2.05, 4.69) is 36.7 Å². The average molecular weight is 443 g/mol. The van der Waals surface area contributed by atoms with Crippen LogP contribution in [-0.2, 0) is 9.59 Å².